The van der Waals surface area contributed by atoms with Gasteiger partial charge in [-0.25, -0.2) is 0 Å². The zero-order valence-electron chi connectivity index (χ0n) is 6.18. The Labute approximate surface area is 76.7 Å². The van der Waals surface area contributed by atoms with E-state index in [9.17, 15) is 14.9 Å². The summed E-state index contributed by atoms with van der Waals surface area (Å²) >= 11 is 5.41. The van der Waals surface area contributed by atoms with Crippen molar-refractivity contribution in [3.05, 3.63) is 21.3 Å². The minimum absolute atomic E-state index is 0.175. The molecule has 0 atom stereocenters. The number of hydrogen-bond acceptors (Lipinski definition) is 4. The zero-order chi connectivity index (χ0) is 10.0. The molecule has 1 aromatic rings. The van der Waals surface area contributed by atoms with Crippen LogP contribution in [0.5, 0.6) is 0 Å². The molecule has 0 aromatic carbocycles. The number of carboxylic acid groups (broad SMARTS) is 1. The molecule has 13 heavy (non-hydrogen) atoms. The van der Waals surface area contributed by atoms with E-state index < -0.39 is 23.3 Å². The van der Waals surface area contributed by atoms with Gasteiger partial charge in [-0.15, -0.1) is 0 Å². The second kappa shape index (κ2) is 3.40. The van der Waals surface area contributed by atoms with Crippen molar-refractivity contribution in [2.75, 3.05) is 0 Å². The van der Waals surface area contributed by atoms with Crippen LogP contribution in [0, 0.1) is 10.1 Å². The molecule has 0 bridgehead atoms. The fraction of sp³-hybridized carbons (Fsp3) is 0.200. The van der Waals surface area contributed by atoms with Crippen molar-refractivity contribution in [2.45, 2.75) is 6.54 Å². The molecule has 0 aliphatic carbocycles. The van der Waals surface area contributed by atoms with E-state index in [1.54, 1.807) is 0 Å². The van der Waals surface area contributed by atoms with Crippen molar-refractivity contribution in [1.29, 1.82) is 0 Å². The number of halogens is 1. The lowest BCUT2D eigenvalue weighted by Gasteiger charge is -1.87. The Morgan fingerprint density at radius 2 is 2.46 bits per heavy atom. The number of rotatable bonds is 3. The fourth-order valence-electron chi connectivity index (χ4n) is 0.730. The molecule has 70 valence electrons. The molecule has 0 unspecified atom stereocenters. The third-order valence-electron chi connectivity index (χ3n) is 1.17. The smallest absolute Gasteiger partial charge is 0.408 e. The third kappa shape index (κ3) is 2.15. The molecule has 1 N–H and O–H groups in total. The second-order valence-electron chi connectivity index (χ2n) is 2.15. The first-order chi connectivity index (χ1) is 6.00. The highest BCUT2D eigenvalue weighted by atomic mass is 35.5. The van der Waals surface area contributed by atoms with E-state index in [1.165, 1.54) is 0 Å². The van der Waals surface area contributed by atoms with Crippen molar-refractivity contribution < 1.29 is 14.8 Å². The predicted octanol–water partition coefficient (Wildman–Crippen LogP) is 0.529. The van der Waals surface area contributed by atoms with Crippen molar-refractivity contribution in [1.82, 2.24) is 9.78 Å². The summed E-state index contributed by atoms with van der Waals surface area (Å²) in [6, 6.07) is 0. The summed E-state index contributed by atoms with van der Waals surface area (Å²) in [6.07, 6.45) is 1.09. The van der Waals surface area contributed by atoms with Gasteiger partial charge in [-0.2, -0.15) is 4.68 Å². The van der Waals surface area contributed by atoms with Gasteiger partial charge in [0.25, 0.3) is 0 Å². The van der Waals surface area contributed by atoms with Gasteiger partial charge in [0.05, 0.1) is 11.3 Å². The first-order valence-corrected chi connectivity index (χ1v) is 3.47. The summed E-state index contributed by atoms with van der Waals surface area (Å²) < 4.78 is 0.892. The Bertz CT molecular complexity index is 361. The van der Waals surface area contributed by atoms with Gasteiger partial charge < -0.3 is 15.2 Å². The Kier molecular flexibility index (Phi) is 2.47. The van der Waals surface area contributed by atoms with Crippen LogP contribution >= 0.6 is 11.6 Å². The monoisotopic (exact) mass is 205 g/mol. The SMILES string of the molecule is O=C(O)Cn1cc(Cl)c([N+](=O)[O-])n1. The lowest BCUT2D eigenvalue weighted by molar-refractivity contribution is -0.389. The Hall–Kier alpha value is -1.63. The minimum atomic E-state index is -1.14. The number of carbonyl (C=O) groups is 1. The highest BCUT2D eigenvalue weighted by Gasteiger charge is 2.19. The van der Waals surface area contributed by atoms with Crippen LogP contribution in [0.2, 0.25) is 5.02 Å². The average molecular weight is 206 g/mol. The summed E-state index contributed by atoms with van der Waals surface area (Å²) in [5.41, 5.74) is 0. The van der Waals surface area contributed by atoms with E-state index in [0.29, 0.717) is 0 Å². The molecule has 0 spiro atoms. The summed E-state index contributed by atoms with van der Waals surface area (Å²) in [5, 5.41) is 21.7. The van der Waals surface area contributed by atoms with E-state index in [1.807, 2.05) is 0 Å². The first-order valence-electron chi connectivity index (χ1n) is 3.10. The molecular weight excluding hydrogens is 202 g/mol. The van der Waals surface area contributed by atoms with Crippen molar-refractivity contribution in [2.24, 2.45) is 0 Å². The van der Waals surface area contributed by atoms with Crippen LogP contribution in [-0.4, -0.2) is 25.8 Å². The standard InChI is InChI=1S/C5H4ClN3O4/c6-3-1-8(2-4(10)11)7-5(3)9(12)13/h1H,2H2,(H,10,11). The van der Waals surface area contributed by atoms with Gasteiger partial charge in [0.15, 0.2) is 11.6 Å². The van der Waals surface area contributed by atoms with Crippen LogP contribution in [-0.2, 0) is 11.3 Å². The minimum Gasteiger partial charge on any atom is -0.480 e. The maximum atomic E-state index is 10.2. The first kappa shape index (κ1) is 9.46. The normalized spacial score (nSPS) is 9.92. The highest BCUT2D eigenvalue weighted by molar-refractivity contribution is 6.32. The lowest BCUT2D eigenvalue weighted by atomic mass is 10.6. The highest BCUT2D eigenvalue weighted by Crippen LogP contribution is 2.20. The largest absolute Gasteiger partial charge is 0.480 e. The number of aliphatic carboxylic acids is 1. The predicted molar refractivity (Wildman–Crippen MR) is 41.5 cm³/mol. The van der Waals surface area contributed by atoms with Crippen molar-refractivity contribution in [3.8, 4) is 0 Å². The van der Waals surface area contributed by atoms with E-state index in [2.05, 4.69) is 5.10 Å². The van der Waals surface area contributed by atoms with Crippen LogP contribution in [0.3, 0.4) is 0 Å². The molecule has 0 aliphatic rings. The molecule has 0 aliphatic heterocycles. The van der Waals surface area contributed by atoms with Gasteiger partial charge in [-0.05, 0) is 4.92 Å². The van der Waals surface area contributed by atoms with E-state index in [-0.39, 0.29) is 5.02 Å². The van der Waals surface area contributed by atoms with Gasteiger partial charge in [-0.3, -0.25) is 4.79 Å². The van der Waals surface area contributed by atoms with Crippen molar-refractivity contribution in [3.63, 3.8) is 0 Å². The molecule has 1 aromatic heterocycles. The lowest BCUT2D eigenvalue weighted by Crippen LogP contribution is -2.09. The van der Waals surface area contributed by atoms with Crippen LogP contribution in [0.1, 0.15) is 0 Å². The average Bonchev–Trinajstić information content (AvgIpc) is 2.29. The van der Waals surface area contributed by atoms with E-state index in [0.717, 1.165) is 10.9 Å². The molecule has 0 radical (unpaired) electrons. The summed E-state index contributed by atoms with van der Waals surface area (Å²) in [6.45, 7) is -0.451. The van der Waals surface area contributed by atoms with Crippen molar-refractivity contribution >= 4 is 23.4 Å². The van der Waals surface area contributed by atoms with Crippen LogP contribution < -0.4 is 0 Å². The summed E-state index contributed by atoms with van der Waals surface area (Å²) in [5.74, 6) is -1.68. The Morgan fingerprint density at radius 1 is 1.85 bits per heavy atom. The maximum absolute atomic E-state index is 10.2. The molecule has 7 nitrogen and oxygen atoms in total. The summed E-state index contributed by atoms with van der Waals surface area (Å²) in [4.78, 5) is 19.6. The maximum Gasteiger partial charge on any atom is 0.408 e. The second-order valence-corrected chi connectivity index (χ2v) is 2.56. The van der Waals surface area contributed by atoms with E-state index in [4.69, 9.17) is 16.7 Å². The number of carboxylic acids is 1. The van der Waals surface area contributed by atoms with Crippen LogP contribution in [0.25, 0.3) is 0 Å². The molecule has 8 heteroatoms. The van der Waals surface area contributed by atoms with Gasteiger partial charge >= 0.3 is 11.8 Å². The summed E-state index contributed by atoms with van der Waals surface area (Å²) in [7, 11) is 0. The number of nitro groups is 1. The quantitative estimate of drug-likeness (QED) is 0.573. The number of hydrogen-bond donors (Lipinski definition) is 1. The van der Waals surface area contributed by atoms with Gasteiger partial charge in [-0.1, -0.05) is 11.6 Å². The van der Waals surface area contributed by atoms with Crippen LogP contribution in [0.4, 0.5) is 5.82 Å². The molecule has 0 saturated heterocycles. The Morgan fingerprint density at radius 3 is 2.85 bits per heavy atom. The molecule has 0 saturated carbocycles. The molecule has 0 amide bonds. The van der Waals surface area contributed by atoms with Gasteiger partial charge in [0.2, 0.25) is 0 Å². The van der Waals surface area contributed by atoms with E-state index >= 15 is 0 Å². The molecule has 1 heterocycles. The molecular formula is C5H4ClN3O4. The fourth-order valence-corrected chi connectivity index (χ4v) is 0.950. The van der Waals surface area contributed by atoms with Crippen LogP contribution in [0.15, 0.2) is 6.20 Å². The Balaban J connectivity index is 2.95. The third-order valence-corrected chi connectivity index (χ3v) is 1.44. The zero-order valence-corrected chi connectivity index (χ0v) is 6.93. The number of aromatic nitrogens is 2. The topological polar surface area (TPSA) is 98.3 Å². The molecule has 1 rings (SSSR count). The van der Waals surface area contributed by atoms with Gasteiger partial charge in [0.1, 0.15) is 0 Å². The van der Waals surface area contributed by atoms with Gasteiger partial charge in [0, 0.05) is 0 Å². The number of nitrogens with zero attached hydrogens (tertiary/aromatic N) is 3. The molecule has 0 fully saturated rings.